The van der Waals surface area contributed by atoms with Crippen LogP contribution in [0.25, 0.3) is 11.5 Å². The zero-order valence-corrected chi connectivity index (χ0v) is 11.8. The van der Waals surface area contributed by atoms with Crippen molar-refractivity contribution >= 4 is 0 Å². The van der Waals surface area contributed by atoms with E-state index in [1.165, 1.54) is 6.07 Å². The van der Waals surface area contributed by atoms with E-state index >= 15 is 0 Å². The maximum atomic E-state index is 13.7. The smallest absolute Gasteiger partial charge is 0.260 e. The first-order valence-corrected chi connectivity index (χ1v) is 6.40. The lowest BCUT2D eigenvalue weighted by Gasteiger charge is -2.21. The fraction of sp³-hybridized carbons (Fsp3) is 0.429. The summed E-state index contributed by atoms with van der Waals surface area (Å²) in [6, 6.07) is 6.21. The highest BCUT2D eigenvalue weighted by Crippen LogP contribution is 2.23. The molecule has 0 amide bonds. The van der Waals surface area contributed by atoms with E-state index in [9.17, 15) is 4.39 Å². The average Bonchev–Trinajstić information content (AvgIpc) is 2.87. The lowest BCUT2D eigenvalue weighted by atomic mass is 10.1. The Kier molecular flexibility index (Phi) is 4.15. The number of hydrogen-bond acceptors (Lipinski definition) is 5. The Bertz CT molecular complexity index is 581. The van der Waals surface area contributed by atoms with Crippen LogP contribution in [0, 0.1) is 5.82 Å². The second-order valence-electron chi connectivity index (χ2n) is 5.18. The topological polar surface area (TPSA) is 74.2 Å². The van der Waals surface area contributed by atoms with Crippen LogP contribution in [0.5, 0.6) is 0 Å². The Morgan fingerprint density at radius 3 is 2.75 bits per heavy atom. The fourth-order valence-corrected chi connectivity index (χ4v) is 1.60. The molecular weight excluding hydrogens is 261 g/mol. The van der Waals surface area contributed by atoms with E-state index in [4.69, 9.17) is 15.0 Å². The number of aromatic nitrogens is 2. The van der Waals surface area contributed by atoms with Crippen LogP contribution in [0.4, 0.5) is 4.39 Å². The van der Waals surface area contributed by atoms with Crippen LogP contribution >= 0.6 is 0 Å². The summed E-state index contributed by atoms with van der Waals surface area (Å²) >= 11 is 0. The van der Waals surface area contributed by atoms with Crippen LogP contribution in [0.15, 0.2) is 28.8 Å². The predicted octanol–water partition coefficient (Wildman–Crippen LogP) is 2.47. The summed E-state index contributed by atoms with van der Waals surface area (Å²) in [5.41, 5.74) is 5.48. The van der Waals surface area contributed by atoms with E-state index in [0.29, 0.717) is 0 Å². The maximum Gasteiger partial charge on any atom is 0.260 e. The number of hydrogen-bond donors (Lipinski definition) is 1. The molecule has 1 heterocycles. The lowest BCUT2D eigenvalue weighted by Crippen LogP contribution is -2.40. The largest absolute Gasteiger partial charge is 0.376 e. The van der Waals surface area contributed by atoms with Gasteiger partial charge in [0.2, 0.25) is 0 Å². The molecule has 2 rings (SSSR count). The molecule has 1 atom stereocenters. The van der Waals surface area contributed by atoms with Crippen molar-refractivity contribution in [3.63, 3.8) is 0 Å². The molecule has 0 aliphatic rings. The molecule has 108 valence electrons. The van der Waals surface area contributed by atoms with Crippen LogP contribution in [0.2, 0.25) is 0 Å². The number of halogens is 1. The van der Waals surface area contributed by atoms with Crippen molar-refractivity contribution in [2.24, 2.45) is 5.73 Å². The van der Waals surface area contributed by atoms with Gasteiger partial charge in [0.15, 0.2) is 5.82 Å². The Hall–Kier alpha value is -1.79. The van der Waals surface area contributed by atoms with Gasteiger partial charge in [-0.05, 0) is 32.9 Å². The summed E-state index contributed by atoms with van der Waals surface area (Å²) in [6.07, 6.45) is 0.0517. The van der Waals surface area contributed by atoms with E-state index in [1.54, 1.807) is 25.1 Å². The minimum Gasteiger partial charge on any atom is -0.376 e. The van der Waals surface area contributed by atoms with Crippen molar-refractivity contribution in [1.82, 2.24) is 10.1 Å². The maximum absolute atomic E-state index is 13.7. The lowest BCUT2D eigenvalue weighted by molar-refractivity contribution is 0.0410. The highest BCUT2D eigenvalue weighted by molar-refractivity contribution is 5.53. The van der Waals surface area contributed by atoms with Gasteiger partial charge >= 0.3 is 0 Å². The molecule has 0 saturated carbocycles. The van der Waals surface area contributed by atoms with Gasteiger partial charge in [0.25, 0.3) is 5.89 Å². The summed E-state index contributed by atoms with van der Waals surface area (Å²) in [5.74, 6) is -0.0180. The molecule has 0 saturated heterocycles. The molecule has 0 bridgehead atoms. The Balaban J connectivity index is 2.22. The summed E-state index contributed by atoms with van der Waals surface area (Å²) in [4.78, 5) is 4.17. The molecule has 1 aromatic heterocycles. The van der Waals surface area contributed by atoms with Gasteiger partial charge in [0.1, 0.15) is 11.4 Å². The third kappa shape index (κ3) is 3.20. The summed E-state index contributed by atoms with van der Waals surface area (Å²) in [7, 11) is 0. The zero-order chi connectivity index (χ0) is 14.8. The number of benzene rings is 1. The van der Waals surface area contributed by atoms with Crippen molar-refractivity contribution < 1.29 is 13.7 Å². The minimum absolute atomic E-state index is 0.0517. The van der Waals surface area contributed by atoms with Gasteiger partial charge in [-0.3, -0.25) is 0 Å². The normalized spacial score (nSPS) is 14.5. The highest BCUT2D eigenvalue weighted by atomic mass is 19.1. The van der Waals surface area contributed by atoms with Crippen molar-refractivity contribution in [3.8, 4) is 11.5 Å². The molecule has 1 unspecified atom stereocenters. The molecule has 0 fully saturated rings. The standard InChI is InChI=1S/C14H18FN3O2/c1-9(2)19-8-14(3,16)13-17-12(20-18-13)10-6-4-5-7-11(10)15/h4-7,9H,8,16H2,1-3H3. The number of ether oxygens (including phenoxy) is 1. The van der Waals surface area contributed by atoms with Crippen molar-refractivity contribution in [1.29, 1.82) is 0 Å². The quantitative estimate of drug-likeness (QED) is 0.910. The molecular formula is C14H18FN3O2. The van der Waals surface area contributed by atoms with Crippen LogP contribution in [-0.4, -0.2) is 22.9 Å². The van der Waals surface area contributed by atoms with E-state index in [-0.39, 0.29) is 30.0 Å². The molecule has 0 radical (unpaired) electrons. The number of nitrogens with two attached hydrogens (primary N) is 1. The van der Waals surface area contributed by atoms with Gasteiger partial charge in [0.05, 0.1) is 18.3 Å². The molecule has 20 heavy (non-hydrogen) atoms. The first-order chi connectivity index (χ1) is 9.40. The van der Waals surface area contributed by atoms with E-state index < -0.39 is 11.4 Å². The van der Waals surface area contributed by atoms with E-state index in [0.717, 1.165) is 0 Å². The highest BCUT2D eigenvalue weighted by Gasteiger charge is 2.29. The summed E-state index contributed by atoms with van der Waals surface area (Å²) in [5, 5.41) is 3.83. The molecule has 0 aliphatic carbocycles. The van der Waals surface area contributed by atoms with Crippen LogP contribution < -0.4 is 5.73 Å². The summed E-state index contributed by atoms with van der Waals surface area (Å²) < 4.78 is 24.2. The van der Waals surface area contributed by atoms with E-state index in [1.807, 2.05) is 13.8 Å². The molecule has 6 heteroatoms. The Morgan fingerprint density at radius 1 is 1.40 bits per heavy atom. The SMILES string of the molecule is CC(C)OCC(C)(N)c1noc(-c2ccccc2F)n1. The molecule has 0 aliphatic heterocycles. The van der Waals surface area contributed by atoms with Gasteiger partial charge in [-0.25, -0.2) is 4.39 Å². The monoisotopic (exact) mass is 279 g/mol. The molecule has 5 nitrogen and oxygen atoms in total. The second-order valence-corrected chi connectivity index (χ2v) is 5.18. The minimum atomic E-state index is -0.892. The van der Waals surface area contributed by atoms with Crippen molar-refractivity contribution in [2.45, 2.75) is 32.4 Å². The molecule has 0 spiro atoms. The van der Waals surface area contributed by atoms with Crippen LogP contribution in [0.3, 0.4) is 0 Å². The molecule has 1 aromatic carbocycles. The third-order valence-corrected chi connectivity index (χ3v) is 2.76. The number of nitrogens with zero attached hydrogens (tertiary/aromatic N) is 2. The first-order valence-electron chi connectivity index (χ1n) is 6.40. The molecule has 2 aromatic rings. The van der Waals surface area contributed by atoms with Gasteiger partial charge < -0.3 is 15.0 Å². The molecule has 2 N–H and O–H groups in total. The van der Waals surface area contributed by atoms with E-state index in [2.05, 4.69) is 10.1 Å². The predicted molar refractivity (Wildman–Crippen MR) is 72.3 cm³/mol. The Morgan fingerprint density at radius 2 is 2.10 bits per heavy atom. The number of rotatable bonds is 5. The van der Waals surface area contributed by atoms with Gasteiger partial charge in [-0.15, -0.1) is 0 Å². The van der Waals surface area contributed by atoms with Gasteiger partial charge in [-0.1, -0.05) is 17.3 Å². The van der Waals surface area contributed by atoms with Gasteiger partial charge in [0, 0.05) is 0 Å². The zero-order valence-electron chi connectivity index (χ0n) is 11.8. The van der Waals surface area contributed by atoms with Crippen molar-refractivity contribution in [3.05, 3.63) is 35.9 Å². The van der Waals surface area contributed by atoms with Gasteiger partial charge in [-0.2, -0.15) is 4.98 Å². The second kappa shape index (κ2) is 5.68. The fourth-order valence-electron chi connectivity index (χ4n) is 1.60. The average molecular weight is 279 g/mol. The summed E-state index contributed by atoms with van der Waals surface area (Å²) in [6.45, 7) is 5.82. The third-order valence-electron chi connectivity index (χ3n) is 2.76. The first kappa shape index (κ1) is 14.6. The Labute approximate surface area is 116 Å². The van der Waals surface area contributed by atoms with Crippen molar-refractivity contribution in [2.75, 3.05) is 6.61 Å². The van der Waals surface area contributed by atoms with Crippen LogP contribution in [-0.2, 0) is 10.3 Å². The van der Waals surface area contributed by atoms with Crippen LogP contribution in [0.1, 0.15) is 26.6 Å².